The second-order valence-corrected chi connectivity index (χ2v) is 3.81. The van der Waals surface area contributed by atoms with Crippen LogP contribution in [-0.4, -0.2) is 47.2 Å². The van der Waals surface area contributed by atoms with Gasteiger partial charge in [-0.05, 0) is 12.5 Å². The molecule has 5 heteroatoms. The topological polar surface area (TPSA) is 66.8 Å². The summed E-state index contributed by atoms with van der Waals surface area (Å²) in [6.07, 6.45) is 4.10. The summed E-state index contributed by atoms with van der Waals surface area (Å²) in [7, 11) is 1.55. The molecule has 0 radical (unpaired) electrons. The molecular weight excluding hydrogens is 198 g/mol. The third kappa shape index (κ3) is 1.52. The van der Waals surface area contributed by atoms with Crippen LogP contribution in [0.15, 0.2) is 12.2 Å². The van der Waals surface area contributed by atoms with E-state index in [1.54, 1.807) is 13.2 Å². The Hall–Kier alpha value is -1.36. The van der Waals surface area contributed by atoms with Gasteiger partial charge in [-0.15, -0.1) is 0 Å². The number of rotatable bonds is 2. The van der Waals surface area contributed by atoms with E-state index in [-0.39, 0.29) is 18.1 Å². The first-order valence-electron chi connectivity index (χ1n) is 4.89. The maximum Gasteiger partial charge on any atom is 0.326 e. The highest BCUT2D eigenvalue weighted by atomic mass is 16.5. The van der Waals surface area contributed by atoms with Crippen LogP contribution < -0.4 is 0 Å². The van der Waals surface area contributed by atoms with Crippen molar-refractivity contribution in [3.63, 3.8) is 0 Å². The van der Waals surface area contributed by atoms with Crippen LogP contribution in [0.3, 0.4) is 0 Å². The van der Waals surface area contributed by atoms with Gasteiger partial charge in [0.15, 0.2) is 0 Å². The van der Waals surface area contributed by atoms with Gasteiger partial charge in [-0.1, -0.05) is 6.08 Å². The van der Waals surface area contributed by atoms with Gasteiger partial charge in [0.1, 0.15) is 6.04 Å². The fraction of sp³-hybridized carbons (Fsp3) is 0.600. The molecule has 1 saturated heterocycles. The Morgan fingerprint density at radius 2 is 2.40 bits per heavy atom. The molecule has 0 spiro atoms. The number of hydrogen-bond donors (Lipinski definition) is 1. The lowest BCUT2D eigenvalue weighted by molar-refractivity contribution is -0.148. The summed E-state index contributed by atoms with van der Waals surface area (Å²) in [5.41, 5.74) is 0. The SMILES string of the molecule is CO[C@@H]1C[C@@H](C(=O)O)N2C(=O)C=CCC12. The molecule has 0 aromatic carbocycles. The van der Waals surface area contributed by atoms with E-state index in [0.717, 1.165) is 0 Å². The predicted octanol–water partition coefficient (Wildman–Crippen LogP) is 0.0154. The Kier molecular flexibility index (Phi) is 2.48. The fourth-order valence-corrected chi connectivity index (χ4v) is 2.35. The van der Waals surface area contributed by atoms with Crippen LogP contribution in [-0.2, 0) is 14.3 Å². The summed E-state index contributed by atoms with van der Waals surface area (Å²) >= 11 is 0. The lowest BCUT2D eigenvalue weighted by atomic mass is 10.1. The first kappa shape index (κ1) is 10.2. The number of amides is 1. The van der Waals surface area contributed by atoms with Gasteiger partial charge in [-0.25, -0.2) is 4.79 Å². The van der Waals surface area contributed by atoms with E-state index in [1.165, 1.54) is 11.0 Å². The molecule has 2 rings (SSSR count). The van der Waals surface area contributed by atoms with Gasteiger partial charge in [0.25, 0.3) is 0 Å². The number of carboxylic acids is 1. The van der Waals surface area contributed by atoms with Gasteiger partial charge in [0, 0.05) is 13.5 Å². The lowest BCUT2D eigenvalue weighted by Gasteiger charge is -2.30. The molecule has 5 nitrogen and oxygen atoms in total. The number of methoxy groups -OCH3 is 1. The first-order chi connectivity index (χ1) is 7.15. The first-order valence-corrected chi connectivity index (χ1v) is 4.89. The van der Waals surface area contributed by atoms with Gasteiger partial charge in [-0.2, -0.15) is 0 Å². The van der Waals surface area contributed by atoms with E-state index in [2.05, 4.69) is 0 Å². The van der Waals surface area contributed by atoms with Crippen molar-refractivity contribution < 1.29 is 19.4 Å². The van der Waals surface area contributed by atoms with Crippen LogP contribution >= 0.6 is 0 Å². The van der Waals surface area contributed by atoms with Crippen LogP contribution in [0.4, 0.5) is 0 Å². The molecular formula is C10H13NO4. The summed E-state index contributed by atoms with van der Waals surface area (Å²) in [5, 5.41) is 9.01. The zero-order valence-corrected chi connectivity index (χ0v) is 8.42. The van der Waals surface area contributed by atoms with Crippen molar-refractivity contribution in [3.8, 4) is 0 Å². The van der Waals surface area contributed by atoms with E-state index in [1.807, 2.05) is 0 Å². The Morgan fingerprint density at radius 3 is 3.00 bits per heavy atom. The molecule has 1 unspecified atom stereocenters. The lowest BCUT2D eigenvalue weighted by Crippen LogP contribution is -2.47. The zero-order valence-electron chi connectivity index (χ0n) is 8.42. The van der Waals surface area contributed by atoms with Gasteiger partial charge in [-0.3, -0.25) is 4.79 Å². The van der Waals surface area contributed by atoms with Crippen molar-refractivity contribution in [1.82, 2.24) is 4.90 Å². The average molecular weight is 211 g/mol. The van der Waals surface area contributed by atoms with Crippen molar-refractivity contribution in [2.24, 2.45) is 0 Å². The van der Waals surface area contributed by atoms with Crippen LogP contribution in [0.2, 0.25) is 0 Å². The number of carboxylic acid groups (broad SMARTS) is 1. The van der Waals surface area contributed by atoms with Crippen molar-refractivity contribution in [2.75, 3.05) is 7.11 Å². The standard InChI is InChI=1S/C10H13NO4/c1-15-8-5-7(10(13)14)11-6(8)3-2-4-9(11)12/h2,4,6-8H,3,5H2,1H3,(H,13,14)/t6?,7-,8+/m0/s1. The molecule has 0 aliphatic carbocycles. The molecule has 82 valence electrons. The predicted molar refractivity (Wildman–Crippen MR) is 51.2 cm³/mol. The van der Waals surface area contributed by atoms with E-state index in [9.17, 15) is 9.59 Å². The number of carbonyl (C=O) groups is 2. The van der Waals surface area contributed by atoms with Crippen LogP contribution in [0.1, 0.15) is 12.8 Å². The smallest absolute Gasteiger partial charge is 0.326 e. The van der Waals surface area contributed by atoms with E-state index in [4.69, 9.17) is 9.84 Å². The number of ether oxygens (including phenoxy) is 1. The zero-order chi connectivity index (χ0) is 11.0. The second kappa shape index (κ2) is 3.66. The van der Waals surface area contributed by atoms with Crippen molar-refractivity contribution in [1.29, 1.82) is 0 Å². The molecule has 15 heavy (non-hydrogen) atoms. The molecule has 1 N–H and O–H groups in total. The van der Waals surface area contributed by atoms with Crippen molar-refractivity contribution in [2.45, 2.75) is 31.0 Å². The highest BCUT2D eigenvalue weighted by Crippen LogP contribution is 2.31. The van der Waals surface area contributed by atoms with Crippen LogP contribution in [0.5, 0.6) is 0 Å². The Balaban J connectivity index is 2.28. The van der Waals surface area contributed by atoms with Crippen molar-refractivity contribution in [3.05, 3.63) is 12.2 Å². The molecule has 2 aliphatic rings. The van der Waals surface area contributed by atoms with Crippen LogP contribution in [0, 0.1) is 0 Å². The summed E-state index contributed by atoms with van der Waals surface area (Å²) < 4.78 is 5.22. The second-order valence-electron chi connectivity index (χ2n) is 3.81. The minimum absolute atomic E-state index is 0.117. The summed E-state index contributed by atoms with van der Waals surface area (Å²) in [6.45, 7) is 0. The molecule has 0 aromatic rings. The molecule has 2 aliphatic heterocycles. The van der Waals surface area contributed by atoms with E-state index < -0.39 is 12.0 Å². The van der Waals surface area contributed by atoms with E-state index >= 15 is 0 Å². The molecule has 2 heterocycles. The third-order valence-corrected chi connectivity index (χ3v) is 3.06. The largest absolute Gasteiger partial charge is 0.480 e. The number of fused-ring (bicyclic) bond motifs is 1. The molecule has 0 aromatic heterocycles. The molecule has 3 atom stereocenters. The molecule has 1 amide bonds. The Morgan fingerprint density at radius 1 is 1.67 bits per heavy atom. The maximum atomic E-state index is 11.6. The minimum Gasteiger partial charge on any atom is -0.480 e. The van der Waals surface area contributed by atoms with Crippen LogP contribution in [0.25, 0.3) is 0 Å². The molecule has 1 fully saturated rings. The fourth-order valence-electron chi connectivity index (χ4n) is 2.35. The van der Waals surface area contributed by atoms with Gasteiger partial charge in [0.2, 0.25) is 5.91 Å². The quantitative estimate of drug-likeness (QED) is 0.699. The minimum atomic E-state index is -0.955. The highest BCUT2D eigenvalue weighted by molar-refractivity contribution is 5.93. The Labute approximate surface area is 87.3 Å². The Bertz CT molecular complexity index is 325. The van der Waals surface area contributed by atoms with Gasteiger partial charge < -0.3 is 14.7 Å². The van der Waals surface area contributed by atoms with E-state index in [0.29, 0.717) is 12.8 Å². The number of carbonyl (C=O) groups excluding carboxylic acids is 1. The monoisotopic (exact) mass is 211 g/mol. The number of nitrogens with zero attached hydrogens (tertiary/aromatic N) is 1. The average Bonchev–Trinajstić information content (AvgIpc) is 2.58. The third-order valence-electron chi connectivity index (χ3n) is 3.06. The molecule has 0 saturated carbocycles. The molecule has 0 bridgehead atoms. The summed E-state index contributed by atoms with van der Waals surface area (Å²) in [6, 6.07) is -0.856. The highest BCUT2D eigenvalue weighted by Gasteiger charge is 2.47. The van der Waals surface area contributed by atoms with Gasteiger partial charge in [0.05, 0.1) is 12.1 Å². The number of hydrogen-bond acceptors (Lipinski definition) is 3. The maximum absolute atomic E-state index is 11.6. The van der Waals surface area contributed by atoms with Crippen molar-refractivity contribution >= 4 is 11.9 Å². The summed E-state index contributed by atoms with van der Waals surface area (Å²) in [5.74, 6) is -1.18. The summed E-state index contributed by atoms with van der Waals surface area (Å²) in [4.78, 5) is 24.0. The van der Waals surface area contributed by atoms with Gasteiger partial charge >= 0.3 is 5.97 Å². The normalized spacial score (nSPS) is 34.3. The number of aliphatic carboxylic acids is 1.